The highest BCUT2D eigenvalue weighted by Gasteiger charge is 2.19. The van der Waals surface area contributed by atoms with Gasteiger partial charge in [0.15, 0.2) is 0 Å². The van der Waals surface area contributed by atoms with Gasteiger partial charge in [-0.05, 0) is 85.0 Å². The second-order valence-electron chi connectivity index (χ2n) is 12.9. The predicted molar refractivity (Wildman–Crippen MR) is 199 cm³/mol. The van der Waals surface area contributed by atoms with Crippen molar-refractivity contribution in [1.82, 2.24) is 14.8 Å². The summed E-state index contributed by atoms with van der Waals surface area (Å²) in [5, 5.41) is 0. The molecule has 0 radical (unpaired) electrons. The molecule has 7 nitrogen and oxygen atoms in total. The number of rotatable bonds is 13. The molecule has 1 aromatic heterocycles. The Morgan fingerprint density at radius 3 is 2.06 bits per heavy atom. The standard InChI is InChI=1S/C43H45N3O4/c1-32-4-8-38(9-5-32)31-49-40-18-20-42(44-29-40)50-41-19-14-36(28-34(41)3)15-21-43(47)46-25-23-45(24-26-46)30-37-12-10-35(11-13-37)22-27-48-39-16-6-33(2)7-17-39/h4-21,28-29H,22-27,30-31H2,1-3H3. The molecule has 0 unspecified atom stereocenters. The van der Waals surface area contributed by atoms with Gasteiger partial charge in [-0.1, -0.05) is 77.9 Å². The normalized spacial score (nSPS) is 13.4. The van der Waals surface area contributed by atoms with E-state index in [1.165, 1.54) is 22.3 Å². The van der Waals surface area contributed by atoms with Crippen LogP contribution in [0, 0.1) is 20.8 Å². The molecule has 7 heteroatoms. The fourth-order valence-corrected chi connectivity index (χ4v) is 5.76. The molecule has 1 fully saturated rings. The van der Waals surface area contributed by atoms with Crippen LogP contribution < -0.4 is 14.2 Å². The minimum absolute atomic E-state index is 0.0359. The molecule has 256 valence electrons. The third kappa shape index (κ3) is 10.1. The number of aryl methyl sites for hydroxylation is 3. The number of ether oxygens (including phenoxy) is 3. The second-order valence-corrected chi connectivity index (χ2v) is 12.9. The highest BCUT2D eigenvalue weighted by molar-refractivity contribution is 5.91. The van der Waals surface area contributed by atoms with Crippen LogP contribution in [0.1, 0.15) is 38.9 Å². The van der Waals surface area contributed by atoms with Gasteiger partial charge in [-0.15, -0.1) is 0 Å². The van der Waals surface area contributed by atoms with Gasteiger partial charge < -0.3 is 19.1 Å². The second kappa shape index (κ2) is 16.8. The first kappa shape index (κ1) is 34.5. The molecule has 50 heavy (non-hydrogen) atoms. The fraction of sp³-hybridized carbons (Fsp3) is 0.256. The van der Waals surface area contributed by atoms with Gasteiger partial charge in [0.1, 0.15) is 23.9 Å². The zero-order chi connectivity index (χ0) is 34.7. The molecule has 1 aliphatic heterocycles. The van der Waals surface area contributed by atoms with Crippen LogP contribution in [-0.2, 0) is 24.4 Å². The molecule has 0 spiro atoms. The molecule has 5 aromatic rings. The van der Waals surface area contributed by atoms with Crippen molar-refractivity contribution in [2.75, 3.05) is 32.8 Å². The molecule has 1 saturated heterocycles. The molecular weight excluding hydrogens is 622 g/mol. The van der Waals surface area contributed by atoms with E-state index >= 15 is 0 Å². The number of pyridine rings is 1. The lowest BCUT2D eigenvalue weighted by molar-refractivity contribution is -0.127. The Labute approximate surface area is 295 Å². The summed E-state index contributed by atoms with van der Waals surface area (Å²) in [5.74, 6) is 2.83. The Morgan fingerprint density at radius 2 is 1.38 bits per heavy atom. The van der Waals surface area contributed by atoms with Crippen molar-refractivity contribution in [2.45, 2.75) is 40.3 Å². The average Bonchev–Trinajstić information content (AvgIpc) is 3.14. The Hall–Kier alpha value is -5.40. The minimum atomic E-state index is 0.0359. The van der Waals surface area contributed by atoms with Crippen LogP contribution in [-0.4, -0.2) is 53.5 Å². The molecular formula is C43H45N3O4. The van der Waals surface area contributed by atoms with E-state index in [-0.39, 0.29) is 5.91 Å². The van der Waals surface area contributed by atoms with E-state index in [9.17, 15) is 4.79 Å². The maximum atomic E-state index is 13.0. The molecule has 0 saturated carbocycles. The summed E-state index contributed by atoms with van der Waals surface area (Å²) in [7, 11) is 0. The fourth-order valence-electron chi connectivity index (χ4n) is 5.76. The van der Waals surface area contributed by atoms with Gasteiger partial charge in [0, 0.05) is 51.3 Å². The Kier molecular flexibility index (Phi) is 11.6. The predicted octanol–water partition coefficient (Wildman–Crippen LogP) is 8.36. The zero-order valence-corrected chi connectivity index (χ0v) is 29.2. The van der Waals surface area contributed by atoms with Crippen molar-refractivity contribution in [2.24, 2.45) is 0 Å². The Morgan fingerprint density at radius 1 is 0.720 bits per heavy atom. The van der Waals surface area contributed by atoms with Crippen LogP contribution in [0.15, 0.2) is 115 Å². The van der Waals surface area contributed by atoms with Gasteiger partial charge >= 0.3 is 0 Å². The van der Waals surface area contributed by atoms with Crippen molar-refractivity contribution in [3.05, 3.63) is 154 Å². The molecule has 0 N–H and O–H groups in total. The number of carbonyl (C=O) groups excluding carboxylic acids is 1. The topological polar surface area (TPSA) is 64.1 Å². The average molecular weight is 668 g/mol. The van der Waals surface area contributed by atoms with Crippen molar-refractivity contribution >= 4 is 12.0 Å². The lowest BCUT2D eigenvalue weighted by Gasteiger charge is -2.34. The van der Waals surface area contributed by atoms with Crippen molar-refractivity contribution in [3.63, 3.8) is 0 Å². The molecule has 0 aliphatic carbocycles. The van der Waals surface area contributed by atoms with Gasteiger partial charge in [-0.3, -0.25) is 9.69 Å². The SMILES string of the molecule is Cc1ccc(COc2ccc(Oc3ccc(C=CC(=O)N4CCN(Cc5ccc(CCOc6ccc(C)cc6)cc5)CC4)cc3C)nc2)cc1. The lowest BCUT2D eigenvalue weighted by Crippen LogP contribution is -2.47. The van der Waals surface area contributed by atoms with Crippen LogP contribution in [0.2, 0.25) is 0 Å². The van der Waals surface area contributed by atoms with Gasteiger partial charge in [0.25, 0.3) is 0 Å². The van der Waals surface area contributed by atoms with E-state index in [4.69, 9.17) is 14.2 Å². The van der Waals surface area contributed by atoms with E-state index in [0.29, 0.717) is 43.7 Å². The smallest absolute Gasteiger partial charge is 0.246 e. The van der Waals surface area contributed by atoms with E-state index in [2.05, 4.69) is 84.4 Å². The molecule has 6 rings (SSSR count). The van der Waals surface area contributed by atoms with E-state index in [0.717, 1.165) is 48.5 Å². The van der Waals surface area contributed by atoms with Crippen LogP contribution in [0.3, 0.4) is 0 Å². The first-order chi connectivity index (χ1) is 24.4. The number of benzene rings is 4. The first-order valence-corrected chi connectivity index (χ1v) is 17.3. The summed E-state index contributed by atoms with van der Waals surface area (Å²) in [6, 6.07) is 34.8. The summed E-state index contributed by atoms with van der Waals surface area (Å²) in [6.07, 6.45) is 6.09. The Balaban J connectivity index is 0.910. The highest BCUT2D eigenvalue weighted by Crippen LogP contribution is 2.26. The first-order valence-electron chi connectivity index (χ1n) is 17.3. The van der Waals surface area contributed by atoms with E-state index in [1.807, 2.05) is 54.3 Å². The largest absolute Gasteiger partial charge is 0.493 e. The minimum Gasteiger partial charge on any atom is -0.493 e. The van der Waals surface area contributed by atoms with Gasteiger partial charge in [0.2, 0.25) is 11.8 Å². The third-order valence-corrected chi connectivity index (χ3v) is 8.86. The van der Waals surface area contributed by atoms with Crippen molar-refractivity contribution in [3.8, 4) is 23.1 Å². The number of carbonyl (C=O) groups is 1. The number of aromatic nitrogens is 1. The maximum absolute atomic E-state index is 13.0. The summed E-state index contributed by atoms with van der Waals surface area (Å²) in [4.78, 5) is 21.7. The van der Waals surface area contributed by atoms with Crippen molar-refractivity contribution < 1.29 is 19.0 Å². The van der Waals surface area contributed by atoms with Crippen molar-refractivity contribution in [1.29, 1.82) is 0 Å². The Bertz CT molecular complexity index is 1860. The summed E-state index contributed by atoms with van der Waals surface area (Å²) >= 11 is 0. The van der Waals surface area contributed by atoms with Crippen LogP contribution >= 0.6 is 0 Å². The highest BCUT2D eigenvalue weighted by atomic mass is 16.5. The van der Waals surface area contributed by atoms with E-state index in [1.54, 1.807) is 18.3 Å². The lowest BCUT2D eigenvalue weighted by atomic mass is 10.1. The number of hydrogen-bond donors (Lipinski definition) is 0. The summed E-state index contributed by atoms with van der Waals surface area (Å²) in [6.45, 7) is 11.3. The molecule has 0 bridgehead atoms. The molecule has 1 amide bonds. The number of hydrogen-bond acceptors (Lipinski definition) is 6. The summed E-state index contributed by atoms with van der Waals surface area (Å²) < 4.78 is 17.8. The number of amides is 1. The molecule has 0 atom stereocenters. The number of piperazine rings is 1. The third-order valence-electron chi connectivity index (χ3n) is 8.86. The van der Waals surface area contributed by atoms with Crippen LogP contribution in [0.5, 0.6) is 23.1 Å². The van der Waals surface area contributed by atoms with Gasteiger partial charge in [-0.25, -0.2) is 4.98 Å². The monoisotopic (exact) mass is 667 g/mol. The zero-order valence-electron chi connectivity index (χ0n) is 29.2. The van der Waals surface area contributed by atoms with Crippen LogP contribution in [0.25, 0.3) is 6.08 Å². The molecule has 2 heterocycles. The molecule has 4 aromatic carbocycles. The van der Waals surface area contributed by atoms with Gasteiger partial charge in [-0.2, -0.15) is 0 Å². The van der Waals surface area contributed by atoms with Gasteiger partial charge in [0.05, 0.1) is 12.8 Å². The maximum Gasteiger partial charge on any atom is 0.246 e. The van der Waals surface area contributed by atoms with E-state index < -0.39 is 0 Å². The number of nitrogens with zero attached hydrogens (tertiary/aromatic N) is 3. The molecule has 1 aliphatic rings. The van der Waals surface area contributed by atoms with Crippen LogP contribution in [0.4, 0.5) is 0 Å². The summed E-state index contributed by atoms with van der Waals surface area (Å²) in [5.41, 5.74) is 8.01. The quantitative estimate of drug-likeness (QED) is 0.118.